The van der Waals surface area contributed by atoms with Crippen LogP contribution >= 0.6 is 284 Å². The Kier molecular flexibility index (Phi) is 80.0. The number of piperidine rings is 1. The van der Waals surface area contributed by atoms with Gasteiger partial charge in [0, 0.05) is 73.5 Å². The molecule has 0 unspecified atom stereocenters. The van der Waals surface area contributed by atoms with Crippen molar-refractivity contribution in [2.24, 2.45) is 0 Å². The summed E-state index contributed by atoms with van der Waals surface area (Å²) in [6, 6.07) is 13.6. The van der Waals surface area contributed by atoms with Crippen LogP contribution in [0, 0.1) is 20.2 Å². The van der Waals surface area contributed by atoms with E-state index >= 15 is 0 Å². The molecule has 11 heterocycles. The molecule has 0 saturated carbocycles. The minimum absolute atomic E-state index is 0. The molecule has 6 aromatic rings. The van der Waals surface area contributed by atoms with Gasteiger partial charge in [0.1, 0.15) is 44.3 Å². The van der Waals surface area contributed by atoms with Crippen LogP contribution in [-0.4, -0.2) is 320 Å². The van der Waals surface area contributed by atoms with E-state index < -0.39 is 43.6 Å². The predicted octanol–water partition coefficient (Wildman–Crippen LogP) is 16.3. The van der Waals surface area contributed by atoms with Crippen LogP contribution in [0.4, 0.5) is 43.4 Å². The number of hydrogen-bond acceptors (Lipinski definition) is 23. The van der Waals surface area contributed by atoms with E-state index in [1.165, 1.54) is 177 Å². The van der Waals surface area contributed by atoms with Crippen molar-refractivity contribution in [2.75, 3.05) is 58.1 Å². The van der Waals surface area contributed by atoms with E-state index in [0.717, 1.165) is 124 Å². The average molecular weight is 3850 g/mol. The second kappa shape index (κ2) is 73.2. The van der Waals surface area contributed by atoms with E-state index in [-0.39, 0.29) is 153 Å². The number of aromatic nitrogens is 8. The average Bonchev–Trinajstić information content (AvgIpc) is 1.62. The van der Waals surface area contributed by atoms with Gasteiger partial charge in [0.2, 0.25) is 5.28 Å². The summed E-state index contributed by atoms with van der Waals surface area (Å²) in [6.45, 7) is 14.6. The summed E-state index contributed by atoms with van der Waals surface area (Å²) >= 11 is 52.2. The maximum atomic E-state index is 12.6. The maximum absolute atomic E-state index is 12.6. The molecule has 3 fully saturated rings. The number of hydrogen-bond donors (Lipinski definition) is 1. The molecule has 0 bridgehead atoms. The number of carbonyl (C=O) groups excluding carboxylic acids is 4. The Morgan fingerprint density at radius 2 is 1.07 bits per heavy atom. The Morgan fingerprint density at radius 1 is 0.612 bits per heavy atom. The van der Waals surface area contributed by atoms with Crippen LogP contribution in [0.2, 0.25) is 15.6 Å². The van der Waals surface area contributed by atoms with E-state index in [0.29, 0.717) is 48.4 Å². The van der Waals surface area contributed by atoms with Crippen molar-refractivity contribution in [3.05, 3.63) is 183 Å². The molecule has 3 saturated heterocycles. The van der Waals surface area contributed by atoms with Gasteiger partial charge in [-0.1, -0.05) is 41.4 Å². The monoisotopic (exact) mass is 3850 g/mol. The number of nitrogens with zero attached hydrogens (tertiary/aromatic N) is 14. The third-order valence-corrected chi connectivity index (χ3v) is 761. The van der Waals surface area contributed by atoms with Gasteiger partial charge < -0.3 is 54.9 Å². The van der Waals surface area contributed by atoms with Crippen LogP contribution in [0.5, 0.6) is 0 Å². The van der Waals surface area contributed by atoms with Gasteiger partial charge in [0.25, 0.3) is 41.0 Å². The van der Waals surface area contributed by atoms with Crippen molar-refractivity contribution in [3.8, 4) is 0 Å². The number of nitro groups is 2. The second-order valence-electron chi connectivity index (χ2n) is 24.1. The van der Waals surface area contributed by atoms with Crippen LogP contribution < -0.4 is 70.4 Å². The first-order chi connectivity index (χ1) is 56.5. The summed E-state index contributed by atoms with van der Waals surface area (Å²) in [5.74, 6) is 0.960. The normalized spacial score (nSPS) is 16.2. The molecule has 0 aromatic carbocycles. The Hall–Kier alpha value is 13.1. The molecule has 6 aromatic heterocycles. The zero-order valence-corrected chi connectivity index (χ0v) is 121. The number of halogens is 27. The second-order valence-corrected chi connectivity index (χ2v) is 335. The number of pyridine rings is 4. The fourth-order valence-corrected chi connectivity index (χ4v) is 1060. The number of nitrogen functional groups attached to an aromatic ring is 1. The number of rotatable bonds is 21. The van der Waals surface area contributed by atoms with Gasteiger partial charge in [-0.15, -0.1) is 0 Å². The SMILES string of the molecule is CC1(C)OB(C2=CCN([B]C=O)CC2)OC1(C)C.FC(F)(F)c1cnc(Cl)nc1Cl.II(I)I(I)I(I)I.I[I-]I(I)I(I)I(I)I.Nc1ccc(C2CCN([B]C=O)CC2)nc1.O=C[B]N1CC(c2ccc(Cc3ncc(C(F)(F)F)c(Cl)n3)cn2)C1.O=C[B]N1CC=C(c2ccc([N+](=O)[O-])cn2)CC1.O=[N+]([O-])c1ccc(Br)nc1.[H-].[K+].[K][K].[K][K]. The third-order valence-electron chi connectivity index (χ3n) is 16.1. The van der Waals surface area contributed by atoms with Crippen molar-refractivity contribution in [3.63, 3.8) is 0 Å². The molecule has 5 aliphatic rings. The summed E-state index contributed by atoms with van der Waals surface area (Å²) in [7, 11) is 4.23. The number of anilines is 1. The molecule has 5 aliphatic heterocycles. The van der Waals surface area contributed by atoms with Gasteiger partial charge >= 0.3 is 444 Å². The van der Waals surface area contributed by atoms with Crippen molar-refractivity contribution in [1.29, 1.82) is 0 Å². The van der Waals surface area contributed by atoms with Crippen molar-refractivity contribution in [2.45, 2.75) is 95.2 Å². The summed E-state index contributed by atoms with van der Waals surface area (Å²) in [4.78, 5) is 99.1. The van der Waals surface area contributed by atoms with Gasteiger partial charge in [-0.05, 0) is 167 Å². The standard InChI is InChI=1S/C15H12BClF3N4O.C12H20B2NO3.C11H11BN3O3.C11H15BN3O.C5H3BrN2O2.C5HCl2F3N2.I9.I8.5K.H/c17-14-11(15(18,19)20)5-22-13(23-14)3-9-1-2-12(21-4-9)10-6-24(7-10)16-8-25;1-11(2)12(3,4)18-14(17-11)10-5-7-15(8-6-10)13-9-16;16-8-12-14-5-3-9(4-6-14)11-2-1-10(7-13-11)15(17)18;13-10-1-2-11(14-7-10)9-3-5-15(6-4-9)12-8-16;6-5-2-1-4(3-7-5)8(9)10;6-3-2(5(8,9)10)1-11-4(7)12-3;1-6-8(4)9(5)7(2)3;1-6(2)8(5)7(3)4;;;;;;/h1-2,4-5,8,10H,3,6-7H2;5,9H,6-8H2,1-4H3;1-3,7-8H,4-6H2;1-2,7-9H,3-6,13H2;1-3H;1H;;;;;;;;/q;;;;;;-1;;;;;;+1;-1. The summed E-state index contributed by atoms with van der Waals surface area (Å²) < 4.78 is 86.5. The first-order valence-corrected chi connectivity index (χ1v) is 162. The van der Waals surface area contributed by atoms with E-state index in [9.17, 15) is 65.7 Å². The van der Waals surface area contributed by atoms with Crippen LogP contribution in [-0.2, 0) is 47.3 Å². The Morgan fingerprint density at radius 3 is 1.45 bits per heavy atom. The van der Waals surface area contributed by atoms with Crippen molar-refractivity contribution < 1.29 is 131 Å². The van der Waals surface area contributed by atoms with Crippen LogP contribution in [0.25, 0.3) is 5.57 Å². The molecule has 11 rings (SSSR count). The van der Waals surface area contributed by atoms with Crippen LogP contribution in [0.1, 0.15) is 106 Å². The van der Waals surface area contributed by atoms with Crippen LogP contribution in [0.15, 0.2) is 108 Å². The molecule has 2 N–H and O–H groups in total. The molecule has 0 aliphatic carbocycles. The first-order valence-electron chi connectivity index (χ1n) is 34.2. The van der Waals surface area contributed by atoms with E-state index in [1.807, 2.05) is 44.8 Å². The van der Waals surface area contributed by atoms with E-state index in [4.69, 9.17) is 49.8 Å². The molecular weight excluding hydrogens is 3790 g/mol. The molecule has 0 spiro atoms. The van der Waals surface area contributed by atoms with Crippen molar-refractivity contribution in [1.82, 2.24) is 59.1 Å². The first kappa shape index (κ1) is 132. The molecule has 25 nitrogen and oxygen atoms in total. The Bertz CT molecular complexity index is 4190. The number of carbonyl (C=O) groups is 4. The number of alkyl halides is 6. The molecule has 0 amide bonds. The van der Waals surface area contributed by atoms with Gasteiger partial charge in [-0.3, -0.25) is 30.2 Å². The topological polar surface area (TPSA) is 315 Å². The summed E-state index contributed by atoms with van der Waals surface area (Å²) in [6.07, 6.45) is 9.19. The molecule has 644 valence electrons. The zero-order valence-electron chi connectivity index (χ0n) is 65.9. The molecule has 4 radical (unpaired) electrons. The fourth-order valence-electron chi connectivity index (χ4n) is 9.67. The molecular formula is C59H63B5BrCl3F6I17K5N15O10-. The molecule has 62 heteroatoms. The third kappa shape index (κ3) is 53.9. The zero-order chi connectivity index (χ0) is 90.8. The fraction of sp³-hybridized carbons (Fsp3) is 0.390. The van der Waals surface area contributed by atoms with Gasteiger partial charge in [-0.25, -0.2) is 29.9 Å². The van der Waals surface area contributed by atoms with E-state index in [1.54, 1.807) is 33.3 Å². The van der Waals surface area contributed by atoms with Gasteiger partial charge in [0.05, 0.1) is 63.4 Å². The Labute approximate surface area is 991 Å². The predicted molar refractivity (Wildman–Crippen MR) is 615 cm³/mol. The van der Waals surface area contributed by atoms with E-state index in [2.05, 4.69) is 281 Å². The van der Waals surface area contributed by atoms with Crippen LogP contribution in [0.3, 0.4) is 0 Å². The molecule has 121 heavy (non-hydrogen) atoms. The van der Waals surface area contributed by atoms with Crippen molar-refractivity contribution >= 4 is 495 Å². The minimum atomic E-state index is -4.57. The Balaban J connectivity index is 0.00000139. The quantitative estimate of drug-likeness (QED) is 0.00805. The summed E-state index contributed by atoms with van der Waals surface area (Å²) in [5, 5.41) is 19.0. The van der Waals surface area contributed by atoms with Gasteiger partial charge in [-0.2, -0.15) is 26.3 Å². The molecule has 0 atom stereocenters. The summed E-state index contributed by atoms with van der Waals surface area (Å²) in [5.41, 5.74) is 9.38. The van der Waals surface area contributed by atoms with Gasteiger partial charge in [0.15, 0.2) is 0 Å². The number of nitrogens with two attached hydrogens (primary N) is 1.